The lowest BCUT2D eigenvalue weighted by Gasteiger charge is -2.19. The maximum Gasteiger partial charge on any atom is 0.412 e. The van der Waals surface area contributed by atoms with Gasteiger partial charge in [0.15, 0.2) is 5.65 Å². The van der Waals surface area contributed by atoms with E-state index in [0.29, 0.717) is 11.3 Å². The summed E-state index contributed by atoms with van der Waals surface area (Å²) >= 11 is 0. The Bertz CT molecular complexity index is 878. The number of rotatable bonds is 2. The van der Waals surface area contributed by atoms with Crippen LogP contribution < -0.4 is 5.32 Å². The summed E-state index contributed by atoms with van der Waals surface area (Å²) in [6.45, 7) is 7.34. The van der Waals surface area contributed by atoms with Gasteiger partial charge in [-0.05, 0) is 39.8 Å². The van der Waals surface area contributed by atoms with Gasteiger partial charge < -0.3 is 4.74 Å². The van der Waals surface area contributed by atoms with Crippen LogP contribution in [0.15, 0.2) is 30.5 Å². The fourth-order valence-corrected chi connectivity index (χ4v) is 2.21. The number of amides is 1. The van der Waals surface area contributed by atoms with Gasteiger partial charge in [0.05, 0.1) is 17.6 Å². The summed E-state index contributed by atoms with van der Waals surface area (Å²) in [6.07, 6.45) is 1.23. The minimum absolute atomic E-state index is 0.482. The molecule has 7 heteroatoms. The number of carbonyl (C=O) groups is 1. The normalized spacial score (nSPS) is 11.5. The van der Waals surface area contributed by atoms with Crippen molar-refractivity contribution in [2.45, 2.75) is 33.3 Å². The van der Waals surface area contributed by atoms with E-state index in [9.17, 15) is 4.79 Å². The van der Waals surface area contributed by atoms with Gasteiger partial charge in [0, 0.05) is 11.3 Å². The van der Waals surface area contributed by atoms with Crippen LogP contribution in [0.5, 0.6) is 0 Å². The first-order valence-electron chi connectivity index (χ1n) is 7.60. The molecule has 0 saturated carbocycles. The lowest BCUT2D eigenvalue weighted by atomic mass is 10.1. The first-order valence-corrected chi connectivity index (χ1v) is 7.60. The molecule has 0 atom stereocenters. The molecule has 0 saturated heterocycles. The Morgan fingerprint density at radius 1 is 1.21 bits per heavy atom. The molecular weight excluding hydrogens is 306 g/mol. The van der Waals surface area contributed by atoms with Gasteiger partial charge >= 0.3 is 6.09 Å². The molecule has 0 fully saturated rings. The quantitative estimate of drug-likeness (QED) is 0.750. The monoisotopic (exact) mass is 325 g/mol. The minimum Gasteiger partial charge on any atom is -0.444 e. The number of aromatic amines is 1. The number of ether oxygens (including phenoxy) is 1. The molecule has 7 nitrogen and oxygen atoms in total. The highest BCUT2D eigenvalue weighted by Gasteiger charge is 2.16. The lowest BCUT2D eigenvalue weighted by Crippen LogP contribution is -2.27. The minimum atomic E-state index is -0.531. The van der Waals surface area contributed by atoms with E-state index in [0.717, 1.165) is 22.5 Å². The molecule has 0 bridgehead atoms. The average molecular weight is 325 g/mol. The number of nitrogens with one attached hydrogen (secondary N) is 2. The van der Waals surface area contributed by atoms with E-state index >= 15 is 0 Å². The van der Waals surface area contributed by atoms with Gasteiger partial charge in [-0.25, -0.2) is 14.8 Å². The Balaban J connectivity index is 1.77. The second-order valence-corrected chi connectivity index (χ2v) is 6.47. The molecule has 0 radical (unpaired) electrons. The smallest absolute Gasteiger partial charge is 0.412 e. The zero-order valence-corrected chi connectivity index (χ0v) is 14.0. The number of hydrogen-bond donors (Lipinski definition) is 2. The lowest BCUT2D eigenvalue weighted by molar-refractivity contribution is 0.0636. The largest absolute Gasteiger partial charge is 0.444 e. The zero-order chi connectivity index (χ0) is 17.3. The van der Waals surface area contributed by atoms with Crippen molar-refractivity contribution in [3.05, 3.63) is 36.2 Å². The third-order valence-corrected chi connectivity index (χ3v) is 3.27. The molecule has 3 rings (SSSR count). The molecule has 24 heavy (non-hydrogen) atoms. The Morgan fingerprint density at radius 2 is 1.92 bits per heavy atom. The van der Waals surface area contributed by atoms with E-state index in [1.807, 2.05) is 39.8 Å². The van der Waals surface area contributed by atoms with Gasteiger partial charge in [0.2, 0.25) is 0 Å². The number of aromatic nitrogens is 4. The van der Waals surface area contributed by atoms with Gasteiger partial charge in [0.1, 0.15) is 11.1 Å². The van der Waals surface area contributed by atoms with Crippen LogP contribution in [-0.2, 0) is 4.74 Å². The standard InChI is InChI=1S/C17H19N5O2/c1-10-14-15(22-21-10)20-13(9-18-14)11-5-7-12(8-6-11)19-16(23)24-17(2,3)4/h5-9H,1-4H3,(H,19,23)(H,20,21,22). The predicted molar refractivity (Wildman–Crippen MR) is 91.7 cm³/mol. The predicted octanol–water partition coefficient (Wildman–Crippen LogP) is 3.68. The molecule has 0 aliphatic rings. The van der Waals surface area contributed by atoms with Gasteiger partial charge in [-0.3, -0.25) is 10.4 Å². The first-order chi connectivity index (χ1) is 11.3. The summed E-state index contributed by atoms with van der Waals surface area (Å²) < 4.78 is 5.22. The van der Waals surface area contributed by atoms with E-state index in [-0.39, 0.29) is 0 Å². The van der Waals surface area contributed by atoms with Gasteiger partial charge in [-0.15, -0.1) is 0 Å². The van der Waals surface area contributed by atoms with Crippen LogP contribution in [0.4, 0.5) is 10.5 Å². The summed E-state index contributed by atoms with van der Waals surface area (Å²) in [6, 6.07) is 7.32. The Kier molecular flexibility index (Phi) is 3.92. The van der Waals surface area contributed by atoms with E-state index in [2.05, 4.69) is 25.5 Å². The number of nitrogens with zero attached hydrogens (tertiary/aromatic N) is 3. The summed E-state index contributed by atoms with van der Waals surface area (Å²) in [7, 11) is 0. The maximum absolute atomic E-state index is 11.8. The van der Waals surface area contributed by atoms with Crippen LogP contribution in [0.1, 0.15) is 26.5 Å². The van der Waals surface area contributed by atoms with Crippen LogP contribution in [0, 0.1) is 6.92 Å². The summed E-state index contributed by atoms with van der Waals surface area (Å²) in [5.74, 6) is 0. The fourth-order valence-electron chi connectivity index (χ4n) is 2.21. The summed E-state index contributed by atoms with van der Waals surface area (Å²) in [5, 5.41) is 9.65. The van der Waals surface area contributed by atoms with Crippen molar-refractivity contribution in [3.8, 4) is 11.3 Å². The number of carbonyl (C=O) groups excluding carboxylic acids is 1. The molecule has 2 heterocycles. The van der Waals surface area contributed by atoms with Crippen molar-refractivity contribution in [1.82, 2.24) is 20.2 Å². The molecule has 0 aliphatic heterocycles. The van der Waals surface area contributed by atoms with Crippen LogP contribution in [0.3, 0.4) is 0 Å². The molecule has 3 aromatic rings. The number of fused-ring (bicyclic) bond motifs is 1. The highest BCUT2D eigenvalue weighted by molar-refractivity contribution is 5.85. The van der Waals surface area contributed by atoms with Crippen LogP contribution in [0.25, 0.3) is 22.4 Å². The molecule has 0 aliphatic carbocycles. The number of aryl methyl sites for hydroxylation is 1. The highest BCUT2D eigenvalue weighted by atomic mass is 16.6. The van der Waals surface area contributed by atoms with E-state index in [4.69, 9.17) is 4.74 Å². The molecule has 0 spiro atoms. The molecule has 0 unspecified atom stereocenters. The van der Waals surface area contributed by atoms with E-state index in [1.165, 1.54) is 0 Å². The number of anilines is 1. The highest BCUT2D eigenvalue weighted by Crippen LogP contribution is 2.21. The SMILES string of the molecule is Cc1n[nH]c2nc(-c3ccc(NC(=O)OC(C)(C)C)cc3)cnc12. The van der Waals surface area contributed by atoms with Crippen LogP contribution in [0.2, 0.25) is 0 Å². The molecule has 2 aromatic heterocycles. The fraction of sp³-hybridized carbons (Fsp3) is 0.294. The van der Waals surface area contributed by atoms with E-state index < -0.39 is 11.7 Å². The molecule has 1 aromatic carbocycles. The Hall–Kier alpha value is -2.96. The van der Waals surface area contributed by atoms with Gasteiger partial charge in [-0.2, -0.15) is 5.10 Å². The van der Waals surface area contributed by atoms with E-state index in [1.54, 1.807) is 18.3 Å². The topological polar surface area (TPSA) is 92.8 Å². The number of hydrogen-bond acceptors (Lipinski definition) is 5. The van der Waals surface area contributed by atoms with Gasteiger partial charge in [-0.1, -0.05) is 12.1 Å². The second-order valence-electron chi connectivity index (χ2n) is 6.47. The molecule has 1 amide bonds. The van der Waals surface area contributed by atoms with Crippen molar-refractivity contribution in [2.75, 3.05) is 5.32 Å². The van der Waals surface area contributed by atoms with Crippen LogP contribution in [-0.4, -0.2) is 31.9 Å². The maximum atomic E-state index is 11.8. The van der Waals surface area contributed by atoms with Crippen LogP contribution >= 0.6 is 0 Å². The molecular formula is C17H19N5O2. The van der Waals surface area contributed by atoms with Crippen molar-refractivity contribution in [1.29, 1.82) is 0 Å². The van der Waals surface area contributed by atoms with Crippen molar-refractivity contribution in [3.63, 3.8) is 0 Å². The second kappa shape index (κ2) is 5.92. The molecule has 2 N–H and O–H groups in total. The summed E-state index contributed by atoms with van der Waals surface area (Å²) in [5.41, 5.74) is 3.99. The first kappa shape index (κ1) is 15.9. The third kappa shape index (κ3) is 3.51. The van der Waals surface area contributed by atoms with Gasteiger partial charge in [0.25, 0.3) is 0 Å². The number of H-pyrrole nitrogens is 1. The molecule has 124 valence electrons. The Morgan fingerprint density at radius 3 is 2.58 bits per heavy atom. The summed E-state index contributed by atoms with van der Waals surface area (Å²) in [4.78, 5) is 20.7. The third-order valence-electron chi connectivity index (χ3n) is 3.27. The van der Waals surface area contributed by atoms with Crippen molar-refractivity contribution >= 4 is 22.9 Å². The zero-order valence-electron chi connectivity index (χ0n) is 14.0. The van der Waals surface area contributed by atoms with Crippen molar-refractivity contribution < 1.29 is 9.53 Å². The average Bonchev–Trinajstić information content (AvgIpc) is 2.87. The number of benzene rings is 1. The Labute approximate surface area is 139 Å². The van der Waals surface area contributed by atoms with Crippen molar-refractivity contribution in [2.24, 2.45) is 0 Å².